The molecule has 0 amide bonds. The van der Waals surface area contributed by atoms with Crippen molar-refractivity contribution in [3.8, 4) is 0 Å². The Hall–Kier alpha value is -1.64. The number of carbonyl (C=O) groups excluding carboxylic acids is 1. The van der Waals surface area contributed by atoms with E-state index >= 15 is 0 Å². The van der Waals surface area contributed by atoms with Crippen LogP contribution in [0.4, 0.5) is 0 Å². The second kappa shape index (κ2) is 2.44. The monoisotopic (exact) mass is 160 g/mol. The number of aromatic amines is 1. The molecule has 0 radical (unpaired) electrons. The van der Waals surface area contributed by atoms with Crippen LogP contribution in [0.25, 0.3) is 11.0 Å². The maximum atomic E-state index is 10.6. The Balaban J connectivity index is 2.93. The van der Waals surface area contributed by atoms with Crippen LogP contribution in [-0.2, 0) is 0 Å². The molecular weight excluding hydrogens is 152 g/mol. The lowest BCUT2D eigenvalue weighted by molar-refractivity contribution is 0.112. The molecule has 2 heterocycles. The smallest absolute Gasteiger partial charge is 0.150 e. The SMILES string of the molecule is Cc1c[nH]c2nccc(C=O)c12. The predicted molar refractivity (Wildman–Crippen MR) is 46.2 cm³/mol. The molecule has 3 nitrogen and oxygen atoms in total. The van der Waals surface area contributed by atoms with E-state index in [1.54, 1.807) is 12.3 Å². The predicted octanol–water partition coefficient (Wildman–Crippen LogP) is 1.68. The Bertz CT molecular complexity index is 431. The molecule has 0 atom stereocenters. The van der Waals surface area contributed by atoms with Crippen molar-refractivity contribution in [2.45, 2.75) is 6.92 Å². The summed E-state index contributed by atoms with van der Waals surface area (Å²) in [5.41, 5.74) is 2.52. The number of fused-ring (bicyclic) bond motifs is 1. The van der Waals surface area contributed by atoms with E-state index < -0.39 is 0 Å². The Kier molecular flexibility index (Phi) is 1.43. The number of H-pyrrole nitrogens is 1. The number of rotatable bonds is 1. The van der Waals surface area contributed by atoms with Gasteiger partial charge in [-0.3, -0.25) is 4.79 Å². The summed E-state index contributed by atoms with van der Waals surface area (Å²) in [7, 11) is 0. The standard InChI is InChI=1S/C9H8N2O/c1-6-4-11-9-8(6)7(5-12)2-3-10-9/h2-5H,1H3,(H,10,11). The van der Waals surface area contributed by atoms with Crippen LogP contribution in [0.3, 0.4) is 0 Å². The van der Waals surface area contributed by atoms with Crippen LogP contribution >= 0.6 is 0 Å². The minimum atomic E-state index is 0.693. The first-order valence-corrected chi connectivity index (χ1v) is 3.71. The van der Waals surface area contributed by atoms with E-state index in [2.05, 4.69) is 9.97 Å². The lowest BCUT2D eigenvalue weighted by atomic mass is 10.1. The molecule has 0 saturated heterocycles. The Labute approximate surface area is 69.4 Å². The average molecular weight is 160 g/mol. The van der Waals surface area contributed by atoms with Crippen LogP contribution in [0.2, 0.25) is 0 Å². The number of nitrogens with one attached hydrogen (secondary N) is 1. The zero-order chi connectivity index (χ0) is 8.55. The molecular formula is C9H8N2O. The van der Waals surface area contributed by atoms with Gasteiger partial charge in [-0.1, -0.05) is 0 Å². The summed E-state index contributed by atoms with van der Waals surface area (Å²) < 4.78 is 0. The molecule has 60 valence electrons. The largest absolute Gasteiger partial charge is 0.346 e. The minimum Gasteiger partial charge on any atom is -0.346 e. The van der Waals surface area contributed by atoms with Crippen molar-refractivity contribution in [3.05, 3.63) is 29.6 Å². The zero-order valence-corrected chi connectivity index (χ0v) is 6.66. The molecule has 0 aliphatic rings. The average Bonchev–Trinajstić information content (AvgIpc) is 2.48. The molecule has 0 aromatic carbocycles. The van der Waals surface area contributed by atoms with Crippen LogP contribution < -0.4 is 0 Å². The summed E-state index contributed by atoms with van der Waals surface area (Å²) in [5.74, 6) is 0. The van der Waals surface area contributed by atoms with E-state index in [-0.39, 0.29) is 0 Å². The number of pyridine rings is 1. The van der Waals surface area contributed by atoms with Crippen molar-refractivity contribution in [1.82, 2.24) is 9.97 Å². The summed E-state index contributed by atoms with van der Waals surface area (Å²) in [6, 6.07) is 1.72. The second-order valence-electron chi connectivity index (χ2n) is 2.71. The van der Waals surface area contributed by atoms with E-state index in [9.17, 15) is 4.79 Å². The van der Waals surface area contributed by atoms with Crippen molar-refractivity contribution < 1.29 is 4.79 Å². The summed E-state index contributed by atoms with van der Waals surface area (Å²) in [4.78, 5) is 17.7. The third-order valence-corrected chi connectivity index (χ3v) is 1.93. The molecule has 0 spiro atoms. The first-order chi connectivity index (χ1) is 5.83. The van der Waals surface area contributed by atoms with Gasteiger partial charge in [-0.2, -0.15) is 0 Å². The minimum absolute atomic E-state index is 0.693. The van der Waals surface area contributed by atoms with Crippen molar-refractivity contribution >= 4 is 17.3 Å². The van der Waals surface area contributed by atoms with Gasteiger partial charge in [0.1, 0.15) is 5.65 Å². The Morgan fingerprint density at radius 3 is 3.17 bits per heavy atom. The van der Waals surface area contributed by atoms with Gasteiger partial charge in [0.25, 0.3) is 0 Å². The number of nitrogens with zero attached hydrogens (tertiary/aromatic N) is 1. The van der Waals surface area contributed by atoms with Gasteiger partial charge in [0.2, 0.25) is 0 Å². The fraction of sp³-hybridized carbons (Fsp3) is 0.111. The summed E-state index contributed by atoms with van der Waals surface area (Å²) in [6.07, 6.45) is 4.33. The summed E-state index contributed by atoms with van der Waals surface area (Å²) in [5, 5.41) is 0.924. The van der Waals surface area contributed by atoms with Gasteiger partial charge < -0.3 is 4.98 Å². The first kappa shape index (κ1) is 7.03. The number of aromatic nitrogens is 2. The number of hydrogen-bond acceptors (Lipinski definition) is 2. The second-order valence-corrected chi connectivity index (χ2v) is 2.71. The fourth-order valence-electron chi connectivity index (χ4n) is 1.35. The maximum Gasteiger partial charge on any atom is 0.150 e. The van der Waals surface area contributed by atoms with Crippen LogP contribution in [0.15, 0.2) is 18.5 Å². The highest BCUT2D eigenvalue weighted by molar-refractivity contribution is 5.96. The van der Waals surface area contributed by atoms with Gasteiger partial charge in [0, 0.05) is 23.3 Å². The summed E-state index contributed by atoms with van der Waals surface area (Å²) >= 11 is 0. The van der Waals surface area contributed by atoms with Crippen LogP contribution in [-0.4, -0.2) is 16.3 Å². The number of hydrogen-bond donors (Lipinski definition) is 1. The highest BCUT2D eigenvalue weighted by Gasteiger charge is 2.04. The lowest BCUT2D eigenvalue weighted by Crippen LogP contribution is -1.84. The van der Waals surface area contributed by atoms with Crippen molar-refractivity contribution in [2.75, 3.05) is 0 Å². The zero-order valence-electron chi connectivity index (χ0n) is 6.66. The van der Waals surface area contributed by atoms with Crippen LogP contribution in [0, 0.1) is 6.92 Å². The quantitative estimate of drug-likeness (QED) is 0.645. The molecule has 0 aliphatic heterocycles. The van der Waals surface area contributed by atoms with Crippen molar-refractivity contribution in [2.24, 2.45) is 0 Å². The third kappa shape index (κ3) is 0.830. The van der Waals surface area contributed by atoms with Gasteiger partial charge in [-0.15, -0.1) is 0 Å². The van der Waals surface area contributed by atoms with Gasteiger partial charge in [0.05, 0.1) is 0 Å². The van der Waals surface area contributed by atoms with Crippen LogP contribution in [0.1, 0.15) is 15.9 Å². The van der Waals surface area contributed by atoms with Crippen molar-refractivity contribution in [3.63, 3.8) is 0 Å². The molecule has 0 bridgehead atoms. The fourth-order valence-corrected chi connectivity index (χ4v) is 1.35. The molecule has 2 aromatic rings. The molecule has 0 fully saturated rings. The topological polar surface area (TPSA) is 45.8 Å². The lowest BCUT2D eigenvalue weighted by Gasteiger charge is -1.93. The normalized spacial score (nSPS) is 10.4. The van der Waals surface area contributed by atoms with Gasteiger partial charge in [-0.25, -0.2) is 4.98 Å². The molecule has 0 unspecified atom stereocenters. The van der Waals surface area contributed by atoms with Crippen molar-refractivity contribution in [1.29, 1.82) is 0 Å². The van der Waals surface area contributed by atoms with Gasteiger partial charge in [-0.05, 0) is 18.6 Å². The van der Waals surface area contributed by atoms with E-state index in [1.165, 1.54) is 0 Å². The van der Waals surface area contributed by atoms with Gasteiger partial charge >= 0.3 is 0 Å². The Morgan fingerprint density at radius 1 is 1.58 bits per heavy atom. The highest BCUT2D eigenvalue weighted by atomic mass is 16.1. The molecule has 0 aliphatic carbocycles. The highest BCUT2D eigenvalue weighted by Crippen LogP contribution is 2.17. The molecule has 12 heavy (non-hydrogen) atoms. The molecule has 0 saturated carbocycles. The van der Waals surface area contributed by atoms with E-state index in [0.717, 1.165) is 22.9 Å². The van der Waals surface area contributed by atoms with E-state index in [1.807, 2.05) is 13.1 Å². The third-order valence-electron chi connectivity index (χ3n) is 1.93. The van der Waals surface area contributed by atoms with E-state index in [0.29, 0.717) is 5.56 Å². The molecule has 2 rings (SSSR count). The number of aldehydes is 1. The number of aryl methyl sites for hydroxylation is 1. The Morgan fingerprint density at radius 2 is 2.42 bits per heavy atom. The maximum absolute atomic E-state index is 10.6. The molecule has 3 heteroatoms. The first-order valence-electron chi connectivity index (χ1n) is 3.71. The summed E-state index contributed by atoms with van der Waals surface area (Å²) in [6.45, 7) is 1.95. The molecule has 2 aromatic heterocycles. The van der Waals surface area contributed by atoms with Gasteiger partial charge in [0.15, 0.2) is 6.29 Å². The number of carbonyl (C=O) groups is 1. The van der Waals surface area contributed by atoms with Crippen LogP contribution in [0.5, 0.6) is 0 Å². The van der Waals surface area contributed by atoms with E-state index in [4.69, 9.17) is 0 Å². The molecule has 1 N–H and O–H groups in total.